The van der Waals surface area contributed by atoms with E-state index in [2.05, 4.69) is 27.1 Å². The van der Waals surface area contributed by atoms with Crippen molar-refractivity contribution in [3.05, 3.63) is 17.0 Å². The Morgan fingerprint density at radius 2 is 2.50 bits per heavy atom. The van der Waals surface area contributed by atoms with Gasteiger partial charge in [0.2, 0.25) is 0 Å². The van der Waals surface area contributed by atoms with Crippen molar-refractivity contribution in [1.29, 1.82) is 0 Å². The zero-order chi connectivity index (χ0) is 7.97. The van der Waals surface area contributed by atoms with Crippen LogP contribution >= 0.6 is 0 Å². The molecule has 2 aliphatic rings. The number of nitrogens with zero attached hydrogens (tertiary/aromatic N) is 2. The van der Waals surface area contributed by atoms with Gasteiger partial charge in [-0.15, -0.1) is 0 Å². The molecule has 1 unspecified atom stereocenters. The number of aromatic nitrogens is 2. The van der Waals surface area contributed by atoms with Gasteiger partial charge < -0.3 is 4.98 Å². The molecule has 3 nitrogen and oxygen atoms in total. The summed E-state index contributed by atoms with van der Waals surface area (Å²) in [6.07, 6.45) is 7.20. The van der Waals surface area contributed by atoms with Crippen LogP contribution in [0.5, 0.6) is 0 Å². The lowest BCUT2D eigenvalue weighted by atomic mass is 9.98. The maximum absolute atomic E-state index is 4.42. The predicted octanol–water partition coefficient (Wildman–Crippen LogP) is -0.555. The number of H-pyrrole nitrogens is 1. The molecule has 0 aromatic carbocycles. The van der Waals surface area contributed by atoms with Gasteiger partial charge in [0.05, 0.1) is 17.0 Å². The van der Waals surface area contributed by atoms with Crippen LogP contribution < -0.4 is 10.7 Å². The van der Waals surface area contributed by atoms with Crippen LogP contribution in [0.2, 0.25) is 0 Å². The number of aliphatic imine (C=N–C) groups is 1. The third-order valence-corrected chi connectivity index (χ3v) is 2.47. The van der Waals surface area contributed by atoms with Gasteiger partial charge in [0.1, 0.15) is 0 Å². The van der Waals surface area contributed by atoms with Gasteiger partial charge in [-0.05, 0) is 18.6 Å². The molecule has 12 heavy (non-hydrogen) atoms. The smallest absolute Gasteiger partial charge is 0.0931 e. The summed E-state index contributed by atoms with van der Waals surface area (Å²) in [5.41, 5.74) is 1.21. The maximum Gasteiger partial charge on any atom is 0.0931 e. The largest absolute Gasteiger partial charge is 0.345 e. The van der Waals surface area contributed by atoms with Crippen molar-refractivity contribution >= 4 is 17.9 Å². The number of hydrogen-bond acceptors (Lipinski definition) is 2. The third-order valence-electron chi connectivity index (χ3n) is 2.47. The Kier molecular flexibility index (Phi) is 1.06. The van der Waals surface area contributed by atoms with E-state index in [9.17, 15) is 0 Å². The molecule has 0 fully saturated rings. The fraction of sp³-hybridized carbons (Fsp3) is 0.333. The minimum absolute atomic E-state index is 0.529. The first-order valence-corrected chi connectivity index (χ1v) is 4.21. The van der Waals surface area contributed by atoms with Gasteiger partial charge in [-0.25, -0.2) is 4.98 Å². The fourth-order valence-corrected chi connectivity index (χ4v) is 1.82. The highest BCUT2D eigenvalue weighted by molar-refractivity contribution is 6.15. The van der Waals surface area contributed by atoms with E-state index in [0.717, 1.165) is 23.7 Å². The molecule has 3 rings (SSSR count). The van der Waals surface area contributed by atoms with Crippen molar-refractivity contribution in [1.82, 2.24) is 9.97 Å². The van der Waals surface area contributed by atoms with E-state index in [4.69, 9.17) is 0 Å². The minimum atomic E-state index is 0.529. The van der Waals surface area contributed by atoms with Crippen molar-refractivity contribution < 1.29 is 0 Å². The molecule has 0 saturated carbocycles. The normalized spacial score (nSPS) is 25.0. The summed E-state index contributed by atoms with van der Waals surface area (Å²) in [7, 11) is 0. The molecule has 1 aliphatic heterocycles. The summed E-state index contributed by atoms with van der Waals surface area (Å²) in [4.78, 5) is 11.7. The molecule has 1 atom stereocenters. The van der Waals surface area contributed by atoms with E-state index in [1.54, 1.807) is 6.33 Å². The number of hydrogen-bond donors (Lipinski definition) is 1. The lowest BCUT2D eigenvalue weighted by Gasteiger charge is -2.05. The van der Waals surface area contributed by atoms with Gasteiger partial charge in [0, 0.05) is 18.2 Å². The Hall–Kier alpha value is -1.38. The second kappa shape index (κ2) is 2.06. The second-order valence-electron chi connectivity index (χ2n) is 3.21. The summed E-state index contributed by atoms with van der Waals surface area (Å²) in [6.45, 7) is 0.970. The van der Waals surface area contributed by atoms with Crippen LogP contribution in [0.4, 0.5) is 0 Å². The molecule has 1 N–H and O–H groups in total. The summed E-state index contributed by atoms with van der Waals surface area (Å²) >= 11 is 0. The summed E-state index contributed by atoms with van der Waals surface area (Å²) < 4.78 is 0. The van der Waals surface area contributed by atoms with E-state index in [1.165, 1.54) is 5.71 Å². The maximum atomic E-state index is 4.42. The minimum Gasteiger partial charge on any atom is -0.345 e. The van der Waals surface area contributed by atoms with Crippen molar-refractivity contribution in [2.24, 2.45) is 10.9 Å². The zero-order valence-corrected chi connectivity index (χ0v) is 6.62. The monoisotopic (exact) mass is 159 g/mol. The molecular formula is C9H9N3. The molecule has 60 valence electrons. The van der Waals surface area contributed by atoms with Crippen molar-refractivity contribution in [2.45, 2.75) is 6.42 Å². The third kappa shape index (κ3) is 0.706. The van der Waals surface area contributed by atoms with Gasteiger partial charge in [-0.1, -0.05) is 0 Å². The molecule has 1 aromatic rings. The number of fused-ring (bicyclic) bond motifs is 2. The SMILES string of the molecule is C1=c2nc[nH]c2=CC2=NCCC12. The fourth-order valence-electron chi connectivity index (χ4n) is 1.82. The summed E-state index contributed by atoms with van der Waals surface area (Å²) in [5.74, 6) is 0.529. The first-order chi connectivity index (χ1) is 5.93. The second-order valence-corrected chi connectivity index (χ2v) is 3.21. The van der Waals surface area contributed by atoms with Crippen molar-refractivity contribution in [3.8, 4) is 0 Å². The number of rotatable bonds is 0. The molecule has 3 heteroatoms. The Bertz CT molecular complexity index is 452. The molecule has 1 aliphatic carbocycles. The molecule has 0 amide bonds. The van der Waals surface area contributed by atoms with Crippen molar-refractivity contribution in [2.75, 3.05) is 6.54 Å². The average molecular weight is 159 g/mol. The van der Waals surface area contributed by atoms with E-state index < -0.39 is 0 Å². The first-order valence-electron chi connectivity index (χ1n) is 4.21. The molecular weight excluding hydrogens is 150 g/mol. The highest BCUT2D eigenvalue weighted by atomic mass is 14.9. The van der Waals surface area contributed by atoms with Crippen LogP contribution in [0.15, 0.2) is 11.3 Å². The summed E-state index contributed by atoms with van der Waals surface area (Å²) in [6, 6.07) is 0. The lowest BCUT2D eigenvalue weighted by molar-refractivity contribution is 0.847. The van der Waals surface area contributed by atoms with E-state index in [-0.39, 0.29) is 0 Å². The first kappa shape index (κ1) is 6.17. The molecule has 1 aromatic heterocycles. The van der Waals surface area contributed by atoms with Gasteiger partial charge in [-0.3, -0.25) is 4.99 Å². The van der Waals surface area contributed by atoms with Gasteiger partial charge in [0.15, 0.2) is 0 Å². The number of imidazole rings is 1. The Balaban J connectivity index is 2.35. The Morgan fingerprint density at radius 1 is 1.50 bits per heavy atom. The van der Waals surface area contributed by atoms with Crippen LogP contribution in [0, 0.1) is 5.92 Å². The molecule has 2 heterocycles. The van der Waals surface area contributed by atoms with Gasteiger partial charge >= 0.3 is 0 Å². The summed E-state index contributed by atoms with van der Waals surface area (Å²) in [5, 5.41) is 2.19. The Morgan fingerprint density at radius 3 is 3.50 bits per heavy atom. The van der Waals surface area contributed by atoms with E-state index in [0.29, 0.717) is 5.92 Å². The number of nitrogens with one attached hydrogen (secondary N) is 1. The molecule has 0 radical (unpaired) electrons. The lowest BCUT2D eigenvalue weighted by Crippen LogP contribution is -2.32. The van der Waals surface area contributed by atoms with Gasteiger partial charge in [0.25, 0.3) is 0 Å². The van der Waals surface area contributed by atoms with E-state index in [1.807, 2.05) is 0 Å². The van der Waals surface area contributed by atoms with Crippen LogP contribution in [0.3, 0.4) is 0 Å². The number of aromatic amines is 1. The average Bonchev–Trinajstić information content (AvgIpc) is 2.64. The predicted molar refractivity (Wildman–Crippen MR) is 47.2 cm³/mol. The van der Waals surface area contributed by atoms with Crippen LogP contribution in [-0.4, -0.2) is 22.2 Å². The zero-order valence-electron chi connectivity index (χ0n) is 6.62. The molecule has 0 spiro atoms. The standard InChI is InChI=1S/C9H9N3/c1-2-10-7-4-9-8(3-6(1)7)11-5-12-9/h3-6H,1-2H2,(H,11,12). The highest BCUT2D eigenvalue weighted by Gasteiger charge is 2.19. The Labute approximate surface area is 69.6 Å². The van der Waals surface area contributed by atoms with Crippen LogP contribution in [0.25, 0.3) is 12.2 Å². The topological polar surface area (TPSA) is 41.0 Å². The van der Waals surface area contributed by atoms with Crippen molar-refractivity contribution in [3.63, 3.8) is 0 Å². The van der Waals surface area contributed by atoms with E-state index >= 15 is 0 Å². The molecule has 0 saturated heterocycles. The quantitative estimate of drug-likeness (QED) is 0.542. The molecule has 0 bridgehead atoms. The van der Waals surface area contributed by atoms with Gasteiger partial charge in [-0.2, -0.15) is 0 Å². The highest BCUT2D eigenvalue weighted by Crippen LogP contribution is 2.17. The van der Waals surface area contributed by atoms with Crippen LogP contribution in [-0.2, 0) is 0 Å². The van der Waals surface area contributed by atoms with Crippen LogP contribution in [0.1, 0.15) is 6.42 Å².